The summed E-state index contributed by atoms with van der Waals surface area (Å²) in [6.07, 6.45) is 3.39. The van der Waals surface area contributed by atoms with Crippen LogP contribution in [-0.4, -0.2) is 88.9 Å². The number of carbonyl (C=O) groups is 1. The Morgan fingerprint density at radius 1 is 1.05 bits per heavy atom. The first-order valence-corrected chi connectivity index (χ1v) is 13.7. The molecule has 11 nitrogen and oxygen atoms in total. The molecule has 0 radical (unpaired) electrons. The summed E-state index contributed by atoms with van der Waals surface area (Å²) in [6, 6.07) is 9.62. The maximum absolute atomic E-state index is 13.6. The van der Waals surface area contributed by atoms with Gasteiger partial charge in [-0.05, 0) is 18.2 Å². The van der Waals surface area contributed by atoms with Gasteiger partial charge in [0.25, 0.3) is 5.91 Å². The van der Waals surface area contributed by atoms with Gasteiger partial charge in [0, 0.05) is 63.9 Å². The number of thiazole rings is 1. The van der Waals surface area contributed by atoms with E-state index in [-0.39, 0.29) is 17.3 Å². The van der Waals surface area contributed by atoms with Crippen molar-refractivity contribution in [2.75, 3.05) is 69.2 Å². The van der Waals surface area contributed by atoms with Crippen LogP contribution in [0.2, 0.25) is 0 Å². The fraction of sp³-hybridized carbons (Fsp3) is 0.385. The number of nitrogens with one attached hydrogen (secondary N) is 2. The number of morpholine rings is 1. The lowest BCUT2D eigenvalue weighted by atomic mass is 10.2. The van der Waals surface area contributed by atoms with Crippen molar-refractivity contribution >= 4 is 39.7 Å². The van der Waals surface area contributed by atoms with Crippen molar-refractivity contribution in [3.05, 3.63) is 64.3 Å². The predicted octanol–water partition coefficient (Wildman–Crippen LogP) is 1.64. The molecule has 3 aromatic heterocycles. The van der Waals surface area contributed by atoms with Gasteiger partial charge in [-0.3, -0.25) is 19.2 Å². The number of benzene rings is 1. The Morgan fingerprint density at radius 3 is 2.66 bits per heavy atom. The van der Waals surface area contributed by atoms with Crippen molar-refractivity contribution in [2.45, 2.75) is 6.54 Å². The Bertz CT molecular complexity index is 1480. The lowest BCUT2D eigenvalue weighted by Crippen LogP contribution is -2.43. The molecule has 2 fully saturated rings. The van der Waals surface area contributed by atoms with Crippen LogP contribution < -0.4 is 21.2 Å². The summed E-state index contributed by atoms with van der Waals surface area (Å²) >= 11 is 1.28. The molecule has 2 aliphatic heterocycles. The smallest absolute Gasteiger partial charge is 0.335 e. The SMILES string of the molecule is O=C(Nc1cnccc1N1CCNCC1)c1csc(-n2c(=O)n(CCN3CCOCC3)c3ccccc32)n1. The summed E-state index contributed by atoms with van der Waals surface area (Å²) in [4.78, 5) is 40.1. The highest BCUT2D eigenvalue weighted by Gasteiger charge is 2.21. The second kappa shape index (κ2) is 11.0. The summed E-state index contributed by atoms with van der Waals surface area (Å²) in [5, 5.41) is 8.48. The van der Waals surface area contributed by atoms with E-state index in [2.05, 4.69) is 30.4 Å². The molecule has 38 heavy (non-hydrogen) atoms. The third-order valence-corrected chi connectivity index (χ3v) is 7.82. The van der Waals surface area contributed by atoms with Crippen LogP contribution in [0.3, 0.4) is 0 Å². The van der Waals surface area contributed by atoms with E-state index >= 15 is 0 Å². The number of rotatable bonds is 7. The summed E-state index contributed by atoms with van der Waals surface area (Å²) in [5.74, 6) is -0.332. The highest BCUT2D eigenvalue weighted by molar-refractivity contribution is 7.12. The molecular formula is C26H30N8O3S. The van der Waals surface area contributed by atoms with E-state index < -0.39 is 0 Å². The molecular weight excluding hydrogens is 504 g/mol. The molecule has 0 saturated carbocycles. The van der Waals surface area contributed by atoms with Crippen LogP contribution in [0.5, 0.6) is 0 Å². The molecule has 0 unspecified atom stereocenters. The van der Waals surface area contributed by atoms with Gasteiger partial charge in [-0.1, -0.05) is 12.1 Å². The molecule has 2 saturated heterocycles. The number of hydrogen-bond acceptors (Lipinski definition) is 9. The first-order valence-electron chi connectivity index (χ1n) is 12.9. The Labute approximate surface area is 223 Å². The predicted molar refractivity (Wildman–Crippen MR) is 148 cm³/mol. The molecule has 1 aromatic carbocycles. The Morgan fingerprint density at radius 2 is 1.84 bits per heavy atom. The van der Waals surface area contributed by atoms with Gasteiger partial charge >= 0.3 is 5.69 Å². The number of fused-ring (bicyclic) bond motifs is 1. The molecule has 1 amide bonds. The molecule has 4 aromatic rings. The van der Waals surface area contributed by atoms with Crippen LogP contribution in [-0.2, 0) is 11.3 Å². The van der Waals surface area contributed by atoms with Crippen LogP contribution in [0.1, 0.15) is 10.5 Å². The van der Waals surface area contributed by atoms with E-state index in [0.717, 1.165) is 75.7 Å². The average molecular weight is 535 g/mol. The number of pyridine rings is 1. The van der Waals surface area contributed by atoms with Crippen molar-refractivity contribution in [1.82, 2.24) is 29.3 Å². The van der Waals surface area contributed by atoms with E-state index in [9.17, 15) is 9.59 Å². The number of para-hydroxylation sites is 2. The van der Waals surface area contributed by atoms with Crippen LogP contribution in [0, 0.1) is 0 Å². The molecule has 198 valence electrons. The lowest BCUT2D eigenvalue weighted by molar-refractivity contribution is 0.0364. The third-order valence-electron chi connectivity index (χ3n) is 7.00. The van der Waals surface area contributed by atoms with Crippen LogP contribution in [0.25, 0.3) is 16.2 Å². The highest BCUT2D eigenvalue weighted by atomic mass is 32.1. The fourth-order valence-electron chi connectivity index (χ4n) is 5.00. The number of nitrogens with zero attached hydrogens (tertiary/aromatic N) is 6. The van der Waals surface area contributed by atoms with Gasteiger partial charge in [0.1, 0.15) is 5.69 Å². The molecule has 2 aliphatic rings. The second-order valence-electron chi connectivity index (χ2n) is 9.31. The summed E-state index contributed by atoms with van der Waals surface area (Å²) in [5.41, 5.74) is 3.30. The summed E-state index contributed by atoms with van der Waals surface area (Å²) in [6.45, 7) is 7.99. The van der Waals surface area contributed by atoms with Crippen molar-refractivity contribution in [3.8, 4) is 5.13 Å². The van der Waals surface area contributed by atoms with E-state index in [1.165, 1.54) is 11.3 Å². The number of anilines is 2. The van der Waals surface area contributed by atoms with Crippen molar-refractivity contribution in [2.24, 2.45) is 0 Å². The minimum absolute atomic E-state index is 0.158. The van der Waals surface area contributed by atoms with E-state index in [1.807, 2.05) is 30.3 Å². The summed E-state index contributed by atoms with van der Waals surface area (Å²) < 4.78 is 8.84. The highest BCUT2D eigenvalue weighted by Crippen LogP contribution is 2.26. The van der Waals surface area contributed by atoms with Gasteiger partial charge in [0.05, 0.1) is 41.8 Å². The molecule has 0 spiro atoms. The van der Waals surface area contributed by atoms with Gasteiger partial charge in [-0.15, -0.1) is 11.3 Å². The first kappa shape index (κ1) is 24.7. The minimum Gasteiger partial charge on any atom is -0.379 e. The maximum atomic E-state index is 13.6. The molecule has 12 heteroatoms. The monoisotopic (exact) mass is 534 g/mol. The first-order chi connectivity index (χ1) is 18.7. The number of piperazine rings is 1. The number of aromatic nitrogens is 4. The van der Waals surface area contributed by atoms with Crippen LogP contribution in [0.4, 0.5) is 11.4 Å². The normalized spacial score (nSPS) is 16.7. The zero-order chi connectivity index (χ0) is 25.9. The van der Waals surface area contributed by atoms with E-state index in [4.69, 9.17) is 4.74 Å². The second-order valence-corrected chi connectivity index (χ2v) is 10.1. The molecule has 2 N–H and O–H groups in total. The van der Waals surface area contributed by atoms with Gasteiger partial charge < -0.3 is 20.3 Å². The molecule has 6 rings (SSSR count). The van der Waals surface area contributed by atoms with Crippen molar-refractivity contribution < 1.29 is 9.53 Å². The van der Waals surface area contributed by atoms with Gasteiger partial charge in [0.2, 0.25) is 0 Å². The van der Waals surface area contributed by atoms with Gasteiger partial charge in [-0.25, -0.2) is 14.3 Å². The van der Waals surface area contributed by atoms with Crippen LogP contribution in [0.15, 0.2) is 52.9 Å². The standard InChI is InChI=1S/C26H30N8O3S/c35-24(29-19-17-28-6-5-21(19)32-9-7-27-8-10-32)20-18-38-25(30-20)34-23-4-2-1-3-22(23)33(26(34)36)12-11-31-13-15-37-16-14-31/h1-6,17-18,27H,7-16H2,(H,29,35). The minimum atomic E-state index is -0.332. The number of carbonyl (C=O) groups excluding carboxylic acids is 1. The average Bonchev–Trinajstić information content (AvgIpc) is 3.55. The Hall–Kier alpha value is -3.58. The van der Waals surface area contributed by atoms with E-state index in [1.54, 1.807) is 26.9 Å². The van der Waals surface area contributed by atoms with Crippen molar-refractivity contribution in [3.63, 3.8) is 0 Å². The largest absolute Gasteiger partial charge is 0.379 e. The maximum Gasteiger partial charge on any atom is 0.335 e. The zero-order valence-corrected chi connectivity index (χ0v) is 21.8. The number of amides is 1. The van der Waals surface area contributed by atoms with E-state index in [0.29, 0.717) is 17.4 Å². The molecule has 0 aliphatic carbocycles. The Balaban J connectivity index is 1.25. The van der Waals surface area contributed by atoms with Gasteiger partial charge in [-0.2, -0.15) is 0 Å². The quantitative estimate of drug-likeness (QED) is 0.368. The lowest BCUT2D eigenvalue weighted by Gasteiger charge is -2.30. The topological polar surface area (TPSA) is 110 Å². The molecule has 5 heterocycles. The molecule has 0 atom stereocenters. The van der Waals surface area contributed by atoms with Crippen molar-refractivity contribution in [1.29, 1.82) is 0 Å². The molecule has 0 bridgehead atoms. The fourth-order valence-corrected chi connectivity index (χ4v) is 5.81. The Kier molecular flexibility index (Phi) is 7.18. The number of imidazole rings is 1. The number of ether oxygens (including phenoxy) is 1. The van der Waals surface area contributed by atoms with Gasteiger partial charge in [0.15, 0.2) is 5.13 Å². The third kappa shape index (κ3) is 4.95. The number of hydrogen-bond donors (Lipinski definition) is 2. The van der Waals surface area contributed by atoms with Crippen LogP contribution >= 0.6 is 11.3 Å². The summed E-state index contributed by atoms with van der Waals surface area (Å²) in [7, 11) is 0. The zero-order valence-electron chi connectivity index (χ0n) is 21.0.